The minimum atomic E-state index is -2.22. The van der Waals surface area contributed by atoms with Crippen molar-refractivity contribution in [2.45, 2.75) is 26.6 Å². The molecule has 0 radical (unpaired) electrons. The number of fused-ring (bicyclic) bond motifs is 3. The first-order valence-electron chi connectivity index (χ1n) is 9.79. The van der Waals surface area contributed by atoms with Crippen molar-refractivity contribution in [2.24, 2.45) is 0 Å². The maximum atomic E-state index is 2.61. The molecule has 0 aliphatic carbocycles. The highest BCUT2D eigenvalue weighted by atomic mass is 32.1. The predicted octanol–water partition coefficient (Wildman–Crippen LogP) is 4.02. The number of aryl methyl sites for hydroxylation is 1. The van der Waals surface area contributed by atoms with Gasteiger partial charge in [-0.15, -0.1) is 22.7 Å². The van der Waals surface area contributed by atoms with E-state index in [1.807, 2.05) is 11.3 Å². The Morgan fingerprint density at radius 1 is 0.679 bits per heavy atom. The minimum absolute atomic E-state index is 1.36. The Kier molecular flexibility index (Phi) is 4.18. The second kappa shape index (κ2) is 6.39. The fraction of sp³-hybridized carbons (Fsp3) is 0.167. The molecule has 4 aromatic rings. The van der Waals surface area contributed by atoms with Crippen LogP contribution < -0.4 is 25.2 Å². The van der Waals surface area contributed by atoms with Crippen molar-refractivity contribution in [2.75, 3.05) is 0 Å². The molecule has 4 heteroatoms. The van der Waals surface area contributed by atoms with Crippen LogP contribution in [0, 0.1) is 6.92 Å². The van der Waals surface area contributed by atoms with E-state index in [0.717, 1.165) is 0 Å². The molecule has 2 aromatic carbocycles. The van der Waals surface area contributed by atoms with Crippen molar-refractivity contribution in [3.8, 4) is 9.75 Å². The van der Waals surface area contributed by atoms with Gasteiger partial charge in [0.05, 0.1) is 8.07 Å². The average Bonchev–Trinajstić information content (AvgIpc) is 3.33. The highest BCUT2D eigenvalue weighted by Gasteiger charge is 2.51. The third-order valence-corrected chi connectivity index (χ3v) is 16.8. The lowest BCUT2D eigenvalue weighted by molar-refractivity contribution is 1.65. The summed E-state index contributed by atoms with van der Waals surface area (Å²) >= 11 is 4.08. The first kappa shape index (κ1) is 18.3. The van der Waals surface area contributed by atoms with Gasteiger partial charge in [0.15, 0.2) is 8.07 Å². The molecule has 1 aliphatic rings. The van der Waals surface area contributed by atoms with E-state index in [1.165, 1.54) is 15.3 Å². The van der Waals surface area contributed by atoms with Gasteiger partial charge >= 0.3 is 0 Å². The van der Waals surface area contributed by atoms with Crippen molar-refractivity contribution in [3.05, 3.63) is 77.7 Å². The summed E-state index contributed by atoms with van der Waals surface area (Å²) < 4.78 is 1.64. The quantitative estimate of drug-likeness (QED) is 0.378. The number of hydrogen-bond donors (Lipinski definition) is 0. The second-order valence-corrected chi connectivity index (χ2v) is 20.1. The Labute approximate surface area is 177 Å². The van der Waals surface area contributed by atoms with Crippen molar-refractivity contribution in [1.29, 1.82) is 0 Å². The van der Waals surface area contributed by atoms with Crippen LogP contribution in [0.1, 0.15) is 4.88 Å². The Balaban J connectivity index is 1.94. The third-order valence-electron chi connectivity index (χ3n) is 5.75. The highest BCUT2D eigenvalue weighted by Crippen LogP contribution is 2.37. The van der Waals surface area contributed by atoms with Crippen molar-refractivity contribution in [1.82, 2.24) is 0 Å². The molecular formula is C24H24S2Si2. The Morgan fingerprint density at radius 2 is 1.18 bits per heavy atom. The van der Waals surface area contributed by atoms with Gasteiger partial charge in [-0.1, -0.05) is 86.4 Å². The summed E-state index contributed by atoms with van der Waals surface area (Å²) in [5.74, 6) is 0. The molecule has 28 heavy (non-hydrogen) atoms. The van der Waals surface area contributed by atoms with Gasteiger partial charge in [0.1, 0.15) is 0 Å². The molecule has 0 atom stereocenters. The maximum absolute atomic E-state index is 2.61. The molecule has 0 unspecified atom stereocenters. The summed E-state index contributed by atoms with van der Waals surface area (Å²) in [5, 5.41) is 6.27. The molecular weight excluding hydrogens is 409 g/mol. The monoisotopic (exact) mass is 432 g/mol. The summed E-state index contributed by atoms with van der Waals surface area (Å²) in [6.07, 6.45) is 0. The van der Waals surface area contributed by atoms with Crippen molar-refractivity contribution >= 4 is 64.1 Å². The fourth-order valence-electron chi connectivity index (χ4n) is 4.48. The highest BCUT2D eigenvalue weighted by molar-refractivity contribution is 7.38. The number of benzene rings is 2. The molecule has 0 N–H and O–H groups in total. The lowest BCUT2D eigenvalue weighted by Gasteiger charge is -2.30. The average molecular weight is 433 g/mol. The zero-order valence-electron chi connectivity index (χ0n) is 16.7. The molecule has 5 rings (SSSR count). The summed E-state index contributed by atoms with van der Waals surface area (Å²) in [5.41, 5.74) is 0. The van der Waals surface area contributed by atoms with E-state index in [0.29, 0.717) is 0 Å². The maximum Gasteiger partial charge on any atom is 0.182 e. The van der Waals surface area contributed by atoms with E-state index in [9.17, 15) is 0 Å². The zero-order chi connectivity index (χ0) is 19.5. The standard InChI is InChI=1S/C24H24S2Si2/c1-17-15-20-23(25-17)24-21(16-22(26-24)27(2,3)4)28(20,18-11-7-5-8-12-18)19-13-9-6-10-14-19/h5-16H,1-4H3. The topological polar surface area (TPSA) is 0 Å². The summed E-state index contributed by atoms with van der Waals surface area (Å²) in [6, 6.07) is 27.8. The van der Waals surface area contributed by atoms with E-state index in [1.54, 1.807) is 24.6 Å². The van der Waals surface area contributed by atoms with Crippen LogP contribution in [0.2, 0.25) is 19.6 Å². The van der Waals surface area contributed by atoms with E-state index in [-0.39, 0.29) is 0 Å². The summed E-state index contributed by atoms with van der Waals surface area (Å²) in [7, 11) is -3.58. The third kappa shape index (κ3) is 2.52. The van der Waals surface area contributed by atoms with Gasteiger partial charge in [-0.05, 0) is 38.2 Å². The zero-order valence-corrected chi connectivity index (χ0v) is 20.4. The van der Waals surface area contributed by atoms with Gasteiger partial charge in [-0.2, -0.15) is 0 Å². The van der Waals surface area contributed by atoms with Gasteiger partial charge in [-0.25, -0.2) is 0 Å². The lowest BCUT2D eigenvalue weighted by Crippen LogP contribution is -2.72. The molecule has 0 saturated heterocycles. The van der Waals surface area contributed by atoms with Gasteiger partial charge in [0.25, 0.3) is 0 Å². The van der Waals surface area contributed by atoms with Crippen LogP contribution in [0.4, 0.5) is 0 Å². The van der Waals surface area contributed by atoms with E-state index in [2.05, 4.69) is 111 Å². The van der Waals surface area contributed by atoms with Gasteiger partial charge in [0.2, 0.25) is 0 Å². The number of thiophene rings is 2. The smallest absolute Gasteiger partial charge is 0.144 e. The Morgan fingerprint density at radius 3 is 1.71 bits per heavy atom. The molecule has 0 fully saturated rings. The first-order chi connectivity index (χ1) is 13.4. The van der Waals surface area contributed by atoms with Crippen LogP contribution >= 0.6 is 22.7 Å². The number of rotatable bonds is 3. The predicted molar refractivity (Wildman–Crippen MR) is 133 cm³/mol. The minimum Gasteiger partial charge on any atom is -0.144 e. The van der Waals surface area contributed by atoms with Crippen LogP contribution in [0.15, 0.2) is 72.8 Å². The number of hydrogen-bond acceptors (Lipinski definition) is 2. The molecule has 140 valence electrons. The van der Waals surface area contributed by atoms with Crippen LogP contribution in [-0.2, 0) is 0 Å². The molecule has 1 aliphatic heterocycles. The van der Waals surface area contributed by atoms with Crippen LogP contribution in [0.25, 0.3) is 9.75 Å². The molecule has 2 aromatic heterocycles. The van der Waals surface area contributed by atoms with E-state index in [4.69, 9.17) is 0 Å². The van der Waals surface area contributed by atoms with Crippen molar-refractivity contribution < 1.29 is 0 Å². The molecule has 0 spiro atoms. The fourth-order valence-corrected chi connectivity index (χ4v) is 15.2. The SMILES string of the molecule is Cc1cc2c(s1)-c1sc([Si](C)(C)C)cc1[Si]2(c1ccccc1)c1ccccc1. The van der Waals surface area contributed by atoms with Crippen molar-refractivity contribution in [3.63, 3.8) is 0 Å². The normalized spacial score (nSPS) is 14.7. The van der Waals surface area contributed by atoms with Gasteiger partial charge in [-0.3, -0.25) is 0 Å². The van der Waals surface area contributed by atoms with Crippen LogP contribution in [-0.4, -0.2) is 16.1 Å². The molecule has 3 heterocycles. The second-order valence-electron chi connectivity index (χ2n) is 8.69. The van der Waals surface area contributed by atoms with E-state index >= 15 is 0 Å². The lowest BCUT2D eigenvalue weighted by atomic mass is 10.4. The first-order valence-corrected chi connectivity index (χ1v) is 16.9. The summed E-state index contributed by atoms with van der Waals surface area (Å²) in [6.45, 7) is 9.69. The molecule has 0 saturated carbocycles. The molecule has 0 nitrogen and oxygen atoms in total. The Hall–Kier alpha value is -1.73. The van der Waals surface area contributed by atoms with Gasteiger partial charge < -0.3 is 0 Å². The Bertz CT molecular complexity index is 1110. The molecule has 0 bridgehead atoms. The summed E-state index contributed by atoms with van der Waals surface area (Å²) in [4.78, 5) is 4.54. The van der Waals surface area contributed by atoms with Crippen LogP contribution in [0.5, 0.6) is 0 Å². The van der Waals surface area contributed by atoms with Crippen LogP contribution in [0.3, 0.4) is 0 Å². The van der Waals surface area contributed by atoms with Gasteiger partial charge in [0, 0.05) is 14.6 Å². The molecule has 0 amide bonds. The largest absolute Gasteiger partial charge is 0.182 e. The van der Waals surface area contributed by atoms with E-state index < -0.39 is 16.1 Å².